The fraction of sp³-hybridized carbons (Fsp3) is 0.333. The van der Waals surface area contributed by atoms with Crippen LogP contribution in [0.25, 0.3) is 11.4 Å². The van der Waals surface area contributed by atoms with E-state index >= 15 is 0 Å². The Morgan fingerprint density at radius 3 is 2.24 bits per heavy atom. The first-order valence-corrected chi connectivity index (χ1v) is 8.61. The highest BCUT2D eigenvalue weighted by Crippen LogP contribution is 2.24. The molecule has 0 aliphatic heterocycles. The maximum Gasteiger partial charge on any atom is 0.240 e. The fourth-order valence-corrected chi connectivity index (χ4v) is 2.58. The van der Waals surface area contributed by atoms with Crippen LogP contribution < -0.4 is 5.32 Å². The van der Waals surface area contributed by atoms with Gasteiger partial charge in [0.05, 0.1) is 6.54 Å². The van der Waals surface area contributed by atoms with Crippen LogP contribution in [0.4, 0.5) is 0 Å². The van der Waals surface area contributed by atoms with E-state index in [9.17, 15) is 0 Å². The third-order valence-corrected chi connectivity index (χ3v) is 4.20. The predicted molar refractivity (Wildman–Crippen MR) is 100 cm³/mol. The summed E-state index contributed by atoms with van der Waals surface area (Å²) in [6.45, 7) is 10.0. The number of hydrogen-bond donors (Lipinski definition) is 1. The molecule has 1 heterocycles. The second kappa shape index (κ2) is 7.19. The highest BCUT2D eigenvalue weighted by Gasteiger charge is 2.14. The molecule has 0 aliphatic rings. The van der Waals surface area contributed by atoms with Crippen molar-refractivity contribution in [2.24, 2.45) is 0 Å². The fourth-order valence-electron chi connectivity index (χ4n) is 2.58. The van der Waals surface area contributed by atoms with E-state index in [-0.39, 0.29) is 5.41 Å². The van der Waals surface area contributed by atoms with Crippen LogP contribution in [0.3, 0.4) is 0 Å². The molecule has 130 valence electrons. The maximum absolute atomic E-state index is 5.35. The van der Waals surface area contributed by atoms with Crippen LogP contribution in [0, 0.1) is 6.92 Å². The summed E-state index contributed by atoms with van der Waals surface area (Å²) >= 11 is 0. The third-order valence-electron chi connectivity index (χ3n) is 4.20. The Hall–Kier alpha value is -2.46. The van der Waals surface area contributed by atoms with E-state index in [1.165, 1.54) is 16.7 Å². The van der Waals surface area contributed by atoms with Gasteiger partial charge in [0.1, 0.15) is 0 Å². The molecule has 0 radical (unpaired) electrons. The van der Waals surface area contributed by atoms with Gasteiger partial charge in [-0.3, -0.25) is 0 Å². The van der Waals surface area contributed by atoms with Gasteiger partial charge in [0.2, 0.25) is 11.7 Å². The second-order valence-corrected chi connectivity index (χ2v) is 7.43. The molecule has 0 spiro atoms. The molecule has 4 heteroatoms. The lowest BCUT2D eigenvalue weighted by Crippen LogP contribution is -2.12. The number of aryl methyl sites for hydroxylation is 1. The Kier molecular flexibility index (Phi) is 5.00. The quantitative estimate of drug-likeness (QED) is 0.738. The second-order valence-electron chi connectivity index (χ2n) is 7.43. The average molecular weight is 335 g/mol. The molecule has 2 aromatic carbocycles. The zero-order chi connectivity index (χ0) is 17.9. The Bertz CT molecular complexity index is 812. The third kappa shape index (κ3) is 4.54. The summed E-state index contributed by atoms with van der Waals surface area (Å²) in [6, 6.07) is 16.8. The molecule has 0 bridgehead atoms. The molecule has 0 amide bonds. The molecule has 4 nitrogen and oxygen atoms in total. The summed E-state index contributed by atoms with van der Waals surface area (Å²) in [5.74, 6) is 1.23. The monoisotopic (exact) mass is 335 g/mol. The predicted octanol–water partition coefficient (Wildman–Crippen LogP) is 4.63. The Balaban J connectivity index is 1.59. The first-order chi connectivity index (χ1) is 11.9. The summed E-state index contributed by atoms with van der Waals surface area (Å²) < 4.78 is 5.35. The van der Waals surface area contributed by atoms with Crippen molar-refractivity contribution >= 4 is 0 Å². The summed E-state index contributed by atoms with van der Waals surface area (Å²) in [6.07, 6.45) is 0. The Labute approximate surface area is 149 Å². The van der Waals surface area contributed by atoms with Crippen LogP contribution in [0.2, 0.25) is 0 Å². The molecular formula is C21H25N3O. The minimum atomic E-state index is 0.140. The van der Waals surface area contributed by atoms with Crippen LogP contribution >= 0.6 is 0 Å². The maximum atomic E-state index is 5.35. The summed E-state index contributed by atoms with van der Waals surface area (Å²) in [5.41, 5.74) is 4.91. The van der Waals surface area contributed by atoms with E-state index in [4.69, 9.17) is 4.52 Å². The van der Waals surface area contributed by atoms with Gasteiger partial charge < -0.3 is 9.84 Å². The lowest BCUT2D eigenvalue weighted by Gasteiger charge is -2.18. The molecule has 1 N–H and O–H groups in total. The van der Waals surface area contributed by atoms with Gasteiger partial charge in [-0.25, -0.2) is 0 Å². The van der Waals surface area contributed by atoms with Crippen LogP contribution in [-0.2, 0) is 18.5 Å². The van der Waals surface area contributed by atoms with Crippen molar-refractivity contribution in [3.05, 3.63) is 71.1 Å². The molecular weight excluding hydrogens is 310 g/mol. The van der Waals surface area contributed by atoms with Crippen molar-refractivity contribution in [3.8, 4) is 11.4 Å². The summed E-state index contributed by atoms with van der Waals surface area (Å²) in [4.78, 5) is 4.48. The molecule has 0 fully saturated rings. The first kappa shape index (κ1) is 17.4. The normalized spacial score (nSPS) is 11.7. The van der Waals surface area contributed by atoms with Crippen molar-refractivity contribution in [2.45, 2.75) is 46.2 Å². The van der Waals surface area contributed by atoms with Crippen LogP contribution in [-0.4, -0.2) is 10.1 Å². The highest BCUT2D eigenvalue weighted by molar-refractivity contribution is 5.55. The molecule has 0 atom stereocenters. The van der Waals surface area contributed by atoms with Gasteiger partial charge >= 0.3 is 0 Å². The molecule has 1 aromatic heterocycles. The molecule has 0 unspecified atom stereocenters. The zero-order valence-electron chi connectivity index (χ0n) is 15.3. The van der Waals surface area contributed by atoms with Gasteiger partial charge in [0, 0.05) is 12.1 Å². The van der Waals surface area contributed by atoms with Crippen molar-refractivity contribution in [1.29, 1.82) is 0 Å². The van der Waals surface area contributed by atoms with E-state index < -0.39 is 0 Å². The average Bonchev–Trinajstić information content (AvgIpc) is 3.05. The minimum Gasteiger partial charge on any atom is -0.338 e. The highest BCUT2D eigenvalue weighted by atomic mass is 16.5. The van der Waals surface area contributed by atoms with Gasteiger partial charge in [-0.05, 0) is 23.5 Å². The minimum absolute atomic E-state index is 0.140. The zero-order valence-corrected chi connectivity index (χ0v) is 15.3. The molecule has 0 saturated heterocycles. The Morgan fingerprint density at radius 2 is 1.60 bits per heavy atom. The van der Waals surface area contributed by atoms with Crippen LogP contribution in [0.5, 0.6) is 0 Å². The van der Waals surface area contributed by atoms with E-state index in [0.29, 0.717) is 18.3 Å². The van der Waals surface area contributed by atoms with Gasteiger partial charge in [-0.1, -0.05) is 80.0 Å². The number of nitrogens with zero attached hydrogens (tertiary/aromatic N) is 2. The molecule has 0 saturated carbocycles. The van der Waals surface area contributed by atoms with Gasteiger partial charge in [0.15, 0.2) is 0 Å². The largest absolute Gasteiger partial charge is 0.338 e. The van der Waals surface area contributed by atoms with E-state index in [1.807, 2.05) is 0 Å². The van der Waals surface area contributed by atoms with Gasteiger partial charge in [-0.15, -0.1) is 0 Å². The Morgan fingerprint density at radius 1 is 0.920 bits per heavy atom. The van der Waals surface area contributed by atoms with Crippen molar-refractivity contribution in [3.63, 3.8) is 0 Å². The van der Waals surface area contributed by atoms with E-state index in [2.05, 4.69) is 91.7 Å². The SMILES string of the molecule is Cc1ccc(CNCc2nc(-c3ccc(C(C)(C)C)cc3)no2)cc1. The lowest BCUT2D eigenvalue weighted by molar-refractivity contribution is 0.367. The lowest BCUT2D eigenvalue weighted by atomic mass is 9.87. The number of nitrogens with one attached hydrogen (secondary N) is 1. The first-order valence-electron chi connectivity index (χ1n) is 8.61. The van der Waals surface area contributed by atoms with Crippen molar-refractivity contribution in [1.82, 2.24) is 15.5 Å². The number of rotatable bonds is 5. The van der Waals surface area contributed by atoms with E-state index in [0.717, 1.165) is 12.1 Å². The number of benzene rings is 2. The summed E-state index contributed by atoms with van der Waals surface area (Å²) in [7, 11) is 0. The number of hydrogen-bond acceptors (Lipinski definition) is 4. The topological polar surface area (TPSA) is 51.0 Å². The van der Waals surface area contributed by atoms with Gasteiger partial charge in [0.25, 0.3) is 0 Å². The molecule has 3 rings (SSSR count). The van der Waals surface area contributed by atoms with Crippen LogP contribution in [0.15, 0.2) is 53.1 Å². The van der Waals surface area contributed by atoms with Crippen molar-refractivity contribution in [2.75, 3.05) is 0 Å². The van der Waals surface area contributed by atoms with Gasteiger partial charge in [-0.2, -0.15) is 4.98 Å². The van der Waals surface area contributed by atoms with E-state index in [1.54, 1.807) is 0 Å². The molecule has 0 aliphatic carbocycles. The molecule has 25 heavy (non-hydrogen) atoms. The molecule has 3 aromatic rings. The van der Waals surface area contributed by atoms with Crippen LogP contribution in [0.1, 0.15) is 43.4 Å². The number of aromatic nitrogens is 2. The van der Waals surface area contributed by atoms with Crippen molar-refractivity contribution < 1.29 is 4.52 Å². The standard InChI is InChI=1S/C21H25N3O/c1-15-5-7-16(8-6-15)13-22-14-19-23-20(24-25-19)17-9-11-18(12-10-17)21(2,3)4/h5-12,22H,13-14H2,1-4H3. The summed E-state index contributed by atoms with van der Waals surface area (Å²) in [5, 5.41) is 7.42. The smallest absolute Gasteiger partial charge is 0.240 e.